The summed E-state index contributed by atoms with van der Waals surface area (Å²) < 4.78 is 18.3. The fourth-order valence-electron chi connectivity index (χ4n) is 2.44. The van der Waals surface area contributed by atoms with E-state index in [2.05, 4.69) is 17.8 Å². The molecule has 0 saturated heterocycles. The first-order valence-corrected chi connectivity index (χ1v) is 9.06. The van der Waals surface area contributed by atoms with Gasteiger partial charge < -0.3 is 4.74 Å². The number of ether oxygens (including phenoxy) is 1. The minimum absolute atomic E-state index is 0.168. The molecule has 0 aromatic heterocycles. The van der Waals surface area contributed by atoms with Crippen LogP contribution in [0.15, 0.2) is 48.5 Å². The maximum Gasteiger partial charge on any atom is 0.279 e. The van der Waals surface area contributed by atoms with Crippen LogP contribution in [0, 0.1) is 5.82 Å². The summed E-state index contributed by atoms with van der Waals surface area (Å²) in [5, 5.41) is 0. The average Bonchev–Trinajstić information content (AvgIpc) is 2.67. The first-order chi connectivity index (χ1) is 13.0. The summed E-state index contributed by atoms with van der Waals surface area (Å²) in [6.45, 7) is 3.69. The monoisotopic (exact) mass is 372 g/mol. The van der Waals surface area contributed by atoms with E-state index < -0.39 is 12.0 Å². The van der Waals surface area contributed by atoms with E-state index >= 15 is 0 Å². The Labute approximate surface area is 158 Å². The predicted octanol–water partition coefficient (Wildman–Crippen LogP) is 3.33. The highest BCUT2D eigenvalue weighted by Crippen LogP contribution is 2.13. The van der Waals surface area contributed by atoms with Crippen molar-refractivity contribution in [1.29, 1.82) is 0 Å². The van der Waals surface area contributed by atoms with Gasteiger partial charge in [-0.15, -0.1) is 0 Å². The molecule has 0 aliphatic rings. The molecule has 0 heterocycles. The van der Waals surface area contributed by atoms with E-state index in [9.17, 15) is 14.0 Å². The van der Waals surface area contributed by atoms with Gasteiger partial charge >= 0.3 is 0 Å². The van der Waals surface area contributed by atoms with Gasteiger partial charge in [0.25, 0.3) is 5.91 Å². The van der Waals surface area contributed by atoms with Crippen LogP contribution >= 0.6 is 0 Å². The minimum Gasteiger partial charge on any atom is -0.481 e. The van der Waals surface area contributed by atoms with Gasteiger partial charge in [-0.1, -0.05) is 37.6 Å². The van der Waals surface area contributed by atoms with Gasteiger partial charge in [-0.2, -0.15) is 0 Å². The Kier molecular flexibility index (Phi) is 7.79. The molecule has 0 aliphatic heterocycles. The number of hydrogen-bond donors (Lipinski definition) is 2. The molecule has 6 heteroatoms. The van der Waals surface area contributed by atoms with Gasteiger partial charge in [0.1, 0.15) is 11.6 Å². The highest BCUT2D eigenvalue weighted by molar-refractivity contribution is 5.85. The second-order valence-electron chi connectivity index (χ2n) is 6.35. The quantitative estimate of drug-likeness (QED) is 0.699. The highest BCUT2D eigenvalue weighted by atomic mass is 19.1. The lowest BCUT2D eigenvalue weighted by molar-refractivity contribution is -0.132. The van der Waals surface area contributed by atoms with Crippen LogP contribution in [0.1, 0.15) is 37.8 Å². The number of hydrazine groups is 1. The molecule has 2 aromatic rings. The summed E-state index contributed by atoms with van der Waals surface area (Å²) >= 11 is 0. The van der Waals surface area contributed by atoms with Crippen molar-refractivity contribution >= 4 is 11.8 Å². The zero-order chi connectivity index (χ0) is 19.6. The van der Waals surface area contributed by atoms with E-state index in [4.69, 9.17) is 4.74 Å². The topological polar surface area (TPSA) is 67.4 Å². The third kappa shape index (κ3) is 7.09. The largest absolute Gasteiger partial charge is 0.481 e. The van der Waals surface area contributed by atoms with Gasteiger partial charge in [0, 0.05) is 0 Å². The van der Waals surface area contributed by atoms with E-state index in [0.717, 1.165) is 24.8 Å². The van der Waals surface area contributed by atoms with Crippen LogP contribution in [0.3, 0.4) is 0 Å². The molecule has 2 rings (SSSR count). The van der Waals surface area contributed by atoms with Crippen LogP contribution in [0.25, 0.3) is 0 Å². The predicted molar refractivity (Wildman–Crippen MR) is 102 cm³/mol. The lowest BCUT2D eigenvalue weighted by Gasteiger charge is -2.15. The lowest BCUT2D eigenvalue weighted by Crippen LogP contribution is -2.47. The van der Waals surface area contributed by atoms with Gasteiger partial charge in [0.05, 0.1) is 6.42 Å². The fourth-order valence-corrected chi connectivity index (χ4v) is 2.44. The first-order valence-electron chi connectivity index (χ1n) is 9.06. The van der Waals surface area contributed by atoms with Gasteiger partial charge in [-0.3, -0.25) is 20.4 Å². The third-order valence-electron chi connectivity index (χ3n) is 4.03. The normalized spacial score (nSPS) is 11.5. The number of aryl methyl sites for hydroxylation is 1. The summed E-state index contributed by atoms with van der Waals surface area (Å²) in [4.78, 5) is 24.0. The average molecular weight is 372 g/mol. The van der Waals surface area contributed by atoms with Crippen molar-refractivity contribution in [1.82, 2.24) is 10.9 Å². The molecule has 1 atom stereocenters. The standard InChI is InChI=1S/C21H25FN2O3/c1-3-4-5-16-6-8-17(9-7-16)14-20(25)23-24-21(26)15(2)27-19-12-10-18(22)11-13-19/h6-13,15H,3-5,14H2,1-2H3,(H,23,25)(H,24,26). The summed E-state index contributed by atoms with van der Waals surface area (Å²) in [7, 11) is 0. The van der Waals surface area contributed by atoms with Crippen molar-refractivity contribution in [2.75, 3.05) is 0 Å². The molecule has 5 nitrogen and oxygen atoms in total. The number of benzene rings is 2. The molecule has 27 heavy (non-hydrogen) atoms. The zero-order valence-corrected chi connectivity index (χ0v) is 15.6. The number of nitrogens with one attached hydrogen (secondary N) is 2. The van der Waals surface area contributed by atoms with Gasteiger partial charge in [-0.25, -0.2) is 4.39 Å². The Morgan fingerprint density at radius 3 is 2.26 bits per heavy atom. The van der Waals surface area contributed by atoms with Crippen molar-refractivity contribution in [3.8, 4) is 5.75 Å². The second kappa shape index (κ2) is 10.3. The van der Waals surface area contributed by atoms with Crippen LogP contribution in [-0.2, 0) is 22.4 Å². The first kappa shape index (κ1) is 20.4. The molecule has 0 saturated carbocycles. The van der Waals surface area contributed by atoms with Crippen LogP contribution in [-0.4, -0.2) is 17.9 Å². The number of unbranched alkanes of at least 4 members (excludes halogenated alkanes) is 1. The maximum atomic E-state index is 12.9. The van der Waals surface area contributed by atoms with E-state index in [0.29, 0.717) is 5.75 Å². The van der Waals surface area contributed by atoms with Crippen LogP contribution < -0.4 is 15.6 Å². The zero-order valence-electron chi connectivity index (χ0n) is 15.6. The van der Waals surface area contributed by atoms with Gasteiger partial charge in [0.2, 0.25) is 5.91 Å². The van der Waals surface area contributed by atoms with E-state index in [1.165, 1.54) is 29.8 Å². The number of rotatable bonds is 8. The Hall–Kier alpha value is -2.89. The van der Waals surface area contributed by atoms with E-state index in [-0.39, 0.29) is 18.1 Å². The molecular formula is C21H25FN2O3. The van der Waals surface area contributed by atoms with Gasteiger partial charge in [-0.05, 0) is 55.2 Å². The maximum absolute atomic E-state index is 12.9. The van der Waals surface area contributed by atoms with Crippen LogP contribution in [0.4, 0.5) is 4.39 Å². The molecule has 2 amide bonds. The Morgan fingerprint density at radius 1 is 1.00 bits per heavy atom. The van der Waals surface area contributed by atoms with E-state index in [1.54, 1.807) is 6.92 Å². The molecule has 0 radical (unpaired) electrons. The number of halogens is 1. The van der Waals surface area contributed by atoms with Crippen LogP contribution in [0.2, 0.25) is 0 Å². The molecule has 2 N–H and O–H groups in total. The van der Waals surface area contributed by atoms with Crippen molar-refractivity contribution in [3.05, 3.63) is 65.5 Å². The molecule has 0 bridgehead atoms. The number of amides is 2. The molecule has 2 aromatic carbocycles. The number of carbonyl (C=O) groups is 2. The molecule has 144 valence electrons. The van der Waals surface area contributed by atoms with Crippen molar-refractivity contribution in [2.45, 2.75) is 45.6 Å². The lowest BCUT2D eigenvalue weighted by atomic mass is 10.0. The van der Waals surface area contributed by atoms with Crippen LogP contribution in [0.5, 0.6) is 5.75 Å². The van der Waals surface area contributed by atoms with Crippen molar-refractivity contribution in [3.63, 3.8) is 0 Å². The molecule has 0 aliphatic carbocycles. The summed E-state index contributed by atoms with van der Waals surface area (Å²) in [6.07, 6.45) is 2.65. The molecule has 1 unspecified atom stereocenters. The summed E-state index contributed by atoms with van der Waals surface area (Å²) in [5.74, 6) is -0.833. The van der Waals surface area contributed by atoms with Crippen molar-refractivity contribution in [2.24, 2.45) is 0 Å². The smallest absolute Gasteiger partial charge is 0.279 e. The van der Waals surface area contributed by atoms with Crippen molar-refractivity contribution < 1.29 is 18.7 Å². The minimum atomic E-state index is -0.839. The number of hydrogen-bond acceptors (Lipinski definition) is 3. The van der Waals surface area contributed by atoms with E-state index in [1.807, 2.05) is 24.3 Å². The highest BCUT2D eigenvalue weighted by Gasteiger charge is 2.15. The Balaban J connectivity index is 1.75. The Morgan fingerprint density at radius 2 is 1.63 bits per heavy atom. The van der Waals surface area contributed by atoms with Gasteiger partial charge in [0.15, 0.2) is 6.10 Å². The summed E-state index contributed by atoms with van der Waals surface area (Å²) in [6, 6.07) is 13.2. The SMILES string of the molecule is CCCCc1ccc(CC(=O)NNC(=O)C(C)Oc2ccc(F)cc2)cc1. The Bertz CT molecular complexity index is 745. The molecule has 0 fully saturated rings. The number of carbonyl (C=O) groups excluding carboxylic acids is 2. The summed E-state index contributed by atoms with van der Waals surface area (Å²) in [5.41, 5.74) is 6.84. The fraction of sp³-hybridized carbons (Fsp3) is 0.333. The molecular weight excluding hydrogens is 347 g/mol. The second-order valence-corrected chi connectivity index (χ2v) is 6.35. The third-order valence-corrected chi connectivity index (χ3v) is 4.03. The molecule has 0 spiro atoms.